The van der Waals surface area contributed by atoms with Gasteiger partial charge in [0.05, 0.1) is 4.90 Å². The summed E-state index contributed by atoms with van der Waals surface area (Å²) in [6, 6.07) is 4.44. The molecule has 1 aromatic carbocycles. The Morgan fingerprint density at radius 2 is 1.10 bits per heavy atom. The van der Waals surface area contributed by atoms with Crippen molar-refractivity contribution in [3.63, 3.8) is 0 Å². The van der Waals surface area contributed by atoms with E-state index >= 15 is 0 Å². The summed E-state index contributed by atoms with van der Waals surface area (Å²) in [5.41, 5.74) is 1.11. The van der Waals surface area contributed by atoms with E-state index in [4.69, 9.17) is 0 Å². The number of hydrogen-bond donors (Lipinski definition) is 1. The zero-order valence-corrected chi connectivity index (χ0v) is 21.1. The lowest BCUT2D eigenvalue weighted by Gasteiger charge is -2.12. The third kappa shape index (κ3) is 12.9. The van der Waals surface area contributed by atoms with Crippen LogP contribution in [-0.4, -0.2) is 16.6 Å². The molecule has 0 amide bonds. The van der Waals surface area contributed by atoms with E-state index in [-0.39, 0.29) is 0 Å². The molecule has 0 unspecified atom stereocenters. The molecule has 0 aliphatic rings. The Bertz CT molecular complexity index is 516. The first kappa shape index (κ1) is 26.8. The van der Waals surface area contributed by atoms with Crippen molar-refractivity contribution in [2.24, 2.45) is 0 Å². The Balaban J connectivity index is 2.33. The van der Waals surface area contributed by atoms with Gasteiger partial charge in [-0.15, -0.1) is 23.5 Å². The van der Waals surface area contributed by atoms with Crippen molar-refractivity contribution in [1.82, 2.24) is 0 Å². The van der Waals surface area contributed by atoms with Crippen LogP contribution < -0.4 is 0 Å². The summed E-state index contributed by atoms with van der Waals surface area (Å²) in [4.78, 5) is 2.44. The van der Waals surface area contributed by atoms with E-state index in [0.717, 1.165) is 22.6 Å². The molecule has 29 heavy (non-hydrogen) atoms. The molecule has 168 valence electrons. The quantitative estimate of drug-likeness (QED) is 0.171. The van der Waals surface area contributed by atoms with Gasteiger partial charge in [-0.3, -0.25) is 0 Å². The number of benzene rings is 1. The van der Waals surface area contributed by atoms with E-state index in [9.17, 15) is 5.11 Å². The van der Waals surface area contributed by atoms with Gasteiger partial charge < -0.3 is 5.11 Å². The molecule has 0 bridgehead atoms. The highest BCUT2D eigenvalue weighted by Crippen LogP contribution is 2.37. The molecule has 0 fully saturated rings. The molecule has 0 saturated heterocycles. The fourth-order valence-electron chi connectivity index (χ4n) is 3.59. The molecule has 1 N–H and O–H groups in total. The number of aromatic hydroxyl groups is 1. The van der Waals surface area contributed by atoms with Crippen LogP contribution in [0.2, 0.25) is 0 Å². The van der Waals surface area contributed by atoms with Gasteiger partial charge in [-0.2, -0.15) is 0 Å². The van der Waals surface area contributed by atoms with E-state index in [1.54, 1.807) is 0 Å². The number of thioether (sulfide) groups is 2. The van der Waals surface area contributed by atoms with Gasteiger partial charge in [0, 0.05) is 4.90 Å². The van der Waals surface area contributed by atoms with Gasteiger partial charge in [-0.25, -0.2) is 0 Å². The third-order valence-corrected chi connectivity index (χ3v) is 7.71. The maximum absolute atomic E-state index is 10.6. The van der Waals surface area contributed by atoms with Crippen molar-refractivity contribution in [2.75, 3.05) is 11.5 Å². The predicted octanol–water partition coefficient (Wildman–Crippen LogP) is 9.64. The standard InChI is InChI=1S/C26H46OS2/c1-4-7-9-11-13-15-17-19-28-24-21-23(6-3)26(27)25(22-24)29-20-18-16-14-12-10-8-5-2/h21-22,27H,4-20H2,1-3H3. The average Bonchev–Trinajstić information content (AvgIpc) is 2.73. The summed E-state index contributed by atoms with van der Waals surface area (Å²) in [7, 11) is 0. The van der Waals surface area contributed by atoms with Gasteiger partial charge in [0.2, 0.25) is 0 Å². The van der Waals surface area contributed by atoms with Gasteiger partial charge >= 0.3 is 0 Å². The molecule has 1 aromatic rings. The van der Waals surface area contributed by atoms with E-state index < -0.39 is 0 Å². The fraction of sp³-hybridized carbons (Fsp3) is 0.769. The normalized spacial score (nSPS) is 11.3. The Labute approximate surface area is 190 Å². The second-order valence-electron chi connectivity index (χ2n) is 8.22. The summed E-state index contributed by atoms with van der Waals surface area (Å²) in [6.45, 7) is 6.69. The van der Waals surface area contributed by atoms with Crippen LogP contribution in [-0.2, 0) is 6.42 Å². The molecule has 0 radical (unpaired) electrons. The van der Waals surface area contributed by atoms with Crippen LogP contribution in [0.15, 0.2) is 21.9 Å². The lowest BCUT2D eigenvalue weighted by molar-refractivity contribution is 0.455. The number of phenolic OH excluding ortho intramolecular Hbond substituents is 1. The van der Waals surface area contributed by atoms with Crippen LogP contribution in [0.3, 0.4) is 0 Å². The number of phenols is 1. The number of unbranched alkanes of at least 4 members (excludes halogenated alkanes) is 12. The van der Waals surface area contributed by atoms with E-state index in [1.807, 2.05) is 23.5 Å². The molecular weight excluding hydrogens is 392 g/mol. The maximum atomic E-state index is 10.6. The SMILES string of the molecule is CCCCCCCCCSc1cc(CC)c(O)c(SCCCCCCCCC)c1. The van der Waals surface area contributed by atoms with Crippen LogP contribution >= 0.6 is 23.5 Å². The van der Waals surface area contributed by atoms with Gasteiger partial charge in [0.25, 0.3) is 0 Å². The minimum Gasteiger partial charge on any atom is -0.506 e. The summed E-state index contributed by atoms with van der Waals surface area (Å²) >= 11 is 3.82. The lowest BCUT2D eigenvalue weighted by atomic mass is 10.1. The van der Waals surface area contributed by atoms with Crippen LogP contribution in [0, 0.1) is 0 Å². The van der Waals surface area contributed by atoms with Gasteiger partial charge in [-0.1, -0.05) is 97.8 Å². The minimum atomic E-state index is 0.528. The van der Waals surface area contributed by atoms with Crippen LogP contribution in [0.5, 0.6) is 5.75 Å². The zero-order chi connectivity index (χ0) is 21.2. The van der Waals surface area contributed by atoms with Gasteiger partial charge in [0.15, 0.2) is 0 Å². The molecule has 1 nitrogen and oxygen atoms in total. The van der Waals surface area contributed by atoms with Crippen molar-refractivity contribution in [3.05, 3.63) is 17.7 Å². The zero-order valence-electron chi connectivity index (χ0n) is 19.4. The van der Waals surface area contributed by atoms with Crippen molar-refractivity contribution in [2.45, 2.75) is 127 Å². The highest BCUT2D eigenvalue weighted by atomic mass is 32.2. The number of aryl methyl sites for hydroxylation is 1. The van der Waals surface area contributed by atoms with E-state index in [1.165, 1.54) is 101 Å². The smallest absolute Gasteiger partial charge is 0.132 e. The van der Waals surface area contributed by atoms with Crippen LogP contribution in [0.1, 0.15) is 116 Å². The molecule has 0 heterocycles. The Kier molecular flexibility index (Phi) is 17.1. The van der Waals surface area contributed by atoms with Crippen LogP contribution in [0.25, 0.3) is 0 Å². The molecule has 0 aromatic heterocycles. The first-order valence-corrected chi connectivity index (χ1v) is 14.3. The first-order valence-electron chi connectivity index (χ1n) is 12.3. The molecule has 0 spiro atoms. The van der Waals surface area contributed by atoms with Gasteiger partial charge in [-0.05, 0) is 48.5 Å². The molecular formula is C26H46OS2. The highest BCUT2D eigenvalue weighted by molar-refractivity contribution is 8.00. The maximum Gasteiger partial charge on any atom is 0.132 e. The first-order chi connectivity index (χ1) is 14.2. The molecule has 3 heteroatoms. The largest absolute Gasteiger partial charge is 0.506 e. The van der Waals surface area contributed by atoms with E-state index in [0.29, 0.717) is 5.75 Å². The van der Waals surface area contributed by atoms with Crippen molar-refractivity contribution in [1.29, 1.82) is 0 Å². The lowest BCUT2D eigenvalue weighted by Crippen LogP contribution is -1.90. The average molecular weight is 439 g/mol. The van der Waals surface area contributed by atoms with Crippen molar-refractivity contribution < 1.29 is 5.11 Å². The van der Waals surface area contributed by atoms with E-state index in [2.05, 4.69) is 32.9 Å². The molecule has 0 saturated carbocycles. The fourth-order valence-corrected chi connectivity index (χ4v) is 5.72. The molecule has 0 aliphatic heterocycles. The Morgan fingerprint density at radius 1 is 0.621 bits per heavy atom. The minimum absolute atomic E-state index is 0.528. The predicted molar refractivity (Wildman–Crippen MR) is 135 cm³/mol. The Morgan fingerprint density at radius 3 is 1.62 bits per heavy atom. The summed E-state index contributed by atoms with van der Waals surface area (Å²) in [6.07, 6.45) is 19.9. The second kappa shape index (κ2) is 18.5. The molecule has 1 rings (SSSR count). The third-order valence-electron chi connectivity index (χ3n) is 5.53. The number of hydrogen-bond acceptors (Lipinski definition) is 3. The summed E-state index contributed by atoms with van der Waals surface area (Å²) in [5, 5.41) is 10.6. The molecule has 0 aliphatic carbocycles. The summed E-state index contributed by atoms with van der Waals surface area (Å²) < 4.78 is 0. The van der Waals surface area contributed by atoms with Gasteiger partial charge in [0.1, 0.15) is 5.75 Å². The Hall–Kier alpha value is -0.280. The molecule has 0 atom stereocenters. The highest BCUT2D eigenvalue weighted by Gasteiger charge is 2.10. The van der Waals surface area contributed by atoms with Crippen molar-refractivity contribution in [3.8, 4) is 5.75 Å². The number of rotatable bonds is 19. The van der Waals surface area contributed by atoms with Crippen LogP contribution in [0.4, 0.5) is 0 Å². The second-order valence-corrected chi connectivity index (χ2v) is 10.5. The topological polar surface area (TPSA) is 20.2 Å². The van der Waals surface area contributed by atoms with Crippen molar-refractivity contribution >= 4 is 23.5 Å². The monoisotopic (exact) mass is 438 g/mol. The summed E-state index contributed by atoms with van der Waals surface area (Å²) in [5.74, 6) is 2.85.